The van der Waals surface area contributed by atoms with E-state index in [1.165, 1.54) is 22.7 Å². The number of nitrogens with one attached hydrogen (secondary N) is 1. The first-order chi connectivity index (χ1) is 12.2. The average molecular weight is 341 g/mol. The fourth-order valence-electron chi connectivity index (χ4n) is 2.30. The maximum atomic E-state index is 13.4. The molecule has 0 radical (unpaired) electrons. The molecule has 6 nitrogen and oxygen atoms in total. The first-order valence-electron chi connectivity index (χ1n) is 7.79. The fourth-order valence-corrected chi connectivity index (χ4v) is 2.30. The van der Waals surface area contributed by atoms with Crippen molar-refractivity contribution < 1.29 is 13.9 Å². The Balaban J connectivity index is 1.54. The van der Waals surface area contributed by atoms with Gasteiger partial charge in [0.05, 0.1) is 6.61 Å². The molecule has 3 rings (SSSR count). The van der Waals surface area contributed by atoms with Gasteiger partial charge in [-0.15, -0.1) is 0 Å². The zero-order chi connectivity index (χ0) is 17.6. The minimum absolute atomic E-state index is 0.0290. The lowest BCUT2D eigenvalue weighted by molar-refractivity contribution is 0.0949. The van der Waals surface area contributed by atoms with Crippen LogP contribution in [0.5, 0.6) is 5.75 Å². The van der Waals surface area contributed by atoms with Gasteiger partial charge in [0, 0.05) is 18.9 Å². The maximum absolute atomic E-state index is 13.4. The smallest absolute Gasteiger partial charge is 0.270 e. The molecule has 0 aliphatic rings. The van der Waals surface area contributed by atoms with Gasteiger partial charge >= 0.3 is 0 Å². The van der Waals surface area contributed by atoms with Crippen molar-refractivity contribution in [2.24, 2.45) is 0 Å². The number of carbonyl (C=O) groups excluding carboxylic acids is 1. The molecule has 0 aliphatic heterocycles. The van der Waals surface area contributed by atoms with Crippen molar-refractivity contribution in [3.63, 3.8) is 0 Å². The number of nitrogens with zero attached hydrogens (tertiary/aromatic N) is 2. The number of hydrogen-bond donors (Lipinski definition) is 1. The number of para-hydroxylation sites is 1. The molecule has 2 heterocycles. The van der Waals surface area contributed by atoms with Crippen LogP contribution in [0.15, 0.2) is 59.7 Å². The predicted octanol–water partition coefficient (Wildman–Crippen LogP) is 2.03. The first kappa shape index (κ1) is 16.6. The van der Waals surface area contributed by atoms with Gasteiger partial charge in [-0.25, -0.2) is 9.37 Å². The normalized spacial score (nSPS) is 10.6. The minimum Gasteiger partial charge on any atom is -0.490 e. The molecule has 0 aliphatic carbocycles. The van der Waals surface area contributed by atoms with Crippen LogP contribution in [0.4, 0.5) is 4.39 Å². The molecule has 128 valence electrons. The van der Waals surface area contributed by atoms with Gasteiger partial charge in [-0.2, -0.15) is 0 Å². The van der Waals surface area contributed by atoms with E-state index in [2.05, 4.69) is 10.3 Å². The van der Waals surface area contributed by atoms with Gasteiger partial charge in [-0.05, 0) is 30.7 Å². The standard InChI is InChI=1S/C18H16FN3O3/c19-14-6-1-2-7-15(14)25-11-5-9-20-17(23)13-12-21-16-8-3-4-10-22(16)18(13)24/h1-4,6-8,10,12H,5,9,11H2,(H,20,23). The third-order valence-corrected chi connectivity index (χ3v) is 3.56. The van der Waals surface area contributed by atoms with Crippen LogP contribution in [0.25, 0.3) is 5.65 Å². The summed E-state index contributed by atoms with van der Waals surface area (Å²) in [7, 11) is 0. The number of rotatable bonds is 6. The summed E-state index contributed by atoms with van der Waals surface area (Å²) in [6.07, 6.45) is 3.30. The maximum Gasteiger partial charge on any atom is 0.270 e. The average Bonchev–Trinajstić information content (AvgIpc) is 2.63. The first-order valence-corrected chi connectivity index (χ1v) is 7.79. The van der Waals surface area contributed by atoms with Crippen molar-refractivity contribution in [3.8, 4) is 5.75 Å². The molecule has 2 aromatic heterocycles. The molecule has 7 heteroatoms. The quantitative estimate of drug-likeness (QED) is 0.697. The van der Waals surface area contributed by atoms with E-state index in [1.54, 1.807) is 36.5 Å². The van der Waals surface area contributed by atoms with Crippen LogP contribution in [-0.4, -0.2) is 28.4 Å². The number of pyridine rings is 1. The zero-order valence-corrected chi connectivity index (χ0v) is 13.3. The molecule has 0 saturated carbocycles. The summed E-state index contributed by atoms with van der Waals surface area (Å²) in [5.74, 6) is -0.755. The van der Waals surface area contributed by atoms with Gasteiger partial charge in [0.15, 0.2) is 11.6 Å². The molecule has 0 saturated heterocycles. The van der Waals surface area contributed by atoms with Crippen LogP contribution in [0, 0.1) is 5.82 Å². The summed E-state index contributed by atoms with van der Waals surface area (Å²) in [6, 6.07) is 11.3. The molecule has 0 bridgehead atoms. The summed E-state index contributed by atoms with van der Waals surface area (Å²) in [5, 5.41) is 2.64. The molecule has 0 fully saturated rings. The summed E-state index contributed by atoms with van der Waals surface area (Å²) in [6.45, 7) is 0.542. The van der Waals surface area contributed by atoms with E-state index in [-0.39, 0.29) is 17.9 Å². The van der Waals surface area contributed by atoms with Crippen molar-refractivity contribution in [1.29, 1.82) is 0 Å². The van der Waals surface area contributed by atoms with Gasteiger partial charge in [0.2, 0.25) is 0 Å². The molecule has 0 unspecified atom stereocenters. The lowest BCUT2D eigenvalue weighted by Gasteiger charge is -2.08. The lowest BCUT2D eigenvalue weighted by atomic mass is 10.3. The Bertz CT molecular complexity index is 955. The van der Waals surface area contributed by atoms with Crippen molar-refractivity contribution >= 4 is 11.6 Å². The molecular weight excluding hydrogens is 325 g/mol. The van der Waals surface area contributed by atoms with E-state index in [4.69, 9.17) is 4.74 Å². The predicted molar refractivity (Wildman–Crippen MR) is 90.3 cm³/mol. The molecule has 25 heavy (non-hydrogen) atoms. The second-order valence-electron chi connectivity index (χ2n) is 5.29. The minimum atomic E-state index is -0.498. The van der Waals surface area contributed by atoms with Crippen molar-refractivity contribution in [2.45, 2.75) is 6.42 Å². The van der Waals surface area contributed by atoms with Crippen molar-refractivity contribution in [1.82, 2.24) is 14.7 Å². The highest BCUT2D eigenvalue weighted by Crippen LogP contribution is 2.15. The summed E-state index contributed by atoms with van der Waals surface area (Å²) < 4.78 is 20.0. The van der Waals surface area contributed by atoms with Gasteiger partial charge in [0.25, 0.3) is 11.5 Å². The van der Waals surface area contributed by atoms with E-state index >= 15 is 0 Å². The second kappa shape index (κ2) is 7.57. The third kappa shape index (κ3) is 3.82. The van der Waals surface area contributed by atoms with E-state index in [9.17, 15) is 14.0 Å². The third-order valence-electron chi connectivity index (χ3n) is 3.56. The number of halogens is 1. The molecule has 3 aromatic rings. The Morgan fingerprint density at radius 1 is 1.20 bits per heavy atom. The Morgan fingerprint density at radius 2 is 2.00 bits per heavy atom. The Labute approximate surface area is 142 Å². The van der Waals surface area contributed by atoms with E-state index < -0.39 is 17.3 Å². The van der Waals surface area contributed by atoms with Crippen LogP contribution in [0.1, 0.15) is 16.8 Å². The Morgan fingerprint density at radius 3 is 2.84 bits per heavy atom. The highest BCUT2D eigenvalue weighted by Gasteiger charge is 2.12. The summed E-state index contributed by atoms with van der Waals surface area (Å²) in [4.78, 5) is 28.5. The lowest BCUT2D eigenvalue weighted by Crippen LogP contribution is -2.32. The number of ether oxygens (including phenoxy) is 1. The molecule has 1 N–H and O–H groups in total. The highest BCUT2D eigenvalue weighted by atomic mass is 19.1. The topological polar surface area (TPSA) is 72.7 Å². The fraction of sp³-hybridized carbons (Fsp3) is 0.167. The number of carbonyl (C=O) groups is 1. The molecule has 0 spiro atoms. The van der Waals surface area contributed by atoms with Gasteiger partial charge in [-0.3, -0.25) is 14.0 Å². The van der Waals surface area contributed by atoms with Crippen LogP contribution >= 0.6 is 0 Å². The van der Waals surface area contributed by atoms with E-state index in [0.717, 1.165) is 0 Å². The molecule has 1 amide bonds. The zero-order valence-electron chi connectivity index (χ0n) is 13.3. The highest BCUT2D eigenvalue weighted by molar-refractivity contribution is 5.93. The number of fused-ring (bicyclic) bond motifs is 1. The number of hydrogen-bond acceptors (Lipinski definition) is 4. The van der Waals surface area contributed by atoms with Gasteiger partial charge in [-0.1, -0.05) is 18.2 Å². The van der Waals surface area contributed by atoms with Crippen LogP contribution < -0.4 is 15.6 Å². The Hall–Kier alpha value is -3.22. The number of aromatic nitrogens is 2. The summed E-state index contributed by atoms with van der Waals surface area (Å²) >= 11 is 0. The van der Waals surface area contributed by atoms with Gasteiger partial charge in [0.1, 0.15) is 11.2 Å². The molecular formula is C18H16FN3O3. The monoisotopic (exact) mass is 341 g/mol. The van der Waals surface area contributed by atoms with Crippen LogP contribution in [0.3, 0.4) is 0 Å². The molecule has 0 atom stereocenters. The second-order valence-corrected chi connectivity index (χ2v) is 5.29. The number of benzene rings is 1. The van der Waals surface area contributed by atoms with E-state index in [1.807, 2.05) is 0 Å². The molecule has 1 aromatic carbocycles. The van der Waals surface area contributed by atoms with Crippen molar-refractivity contribution in [3.05, 3.63) is 76.6 Å². The van der Waals surface area contributed by atoms with Crippen molar-refractivity contribution in [2.75, 3.05) is 13.2 Å². The largest absolute Gasteiger partial charge is 0.490 e. The Kier molecular flexibility index (Phi) is 5.03. The van der Waals surface area contributed by atoms with Crippen LogP contribution in [0.2, 0.25) is 0 Å². The SMILES string of the molecule is O=C(NCCCOc1ccccc1F)c1cnc2ccccn2c1=O. The summed E-state index contributed by atoms with van der Waals surface area (Å²) in [5.41, 5.74) is 0.0202. The van der Waals surface area contributed by atoms with E-state index in [0.29, 0.717) is 18.6 Å². The van der Waals surface area contributed by atoms with Crippen LogP contribution in [-0.2, 0) is 0 Å². The number of amides is 1. The van der Waals surface area contributed by atoms with Gasteiger partial charge < -0.3 is 10.1 Å².